The van der Waals surface area contributed by atoms with E-state index >= 15 is 0 Å². The van der Waals surface area contributed by atoms with Crippen LogP contribution in [0, 0.1) is 0 Å². The van der Waals surface area contributed by atoms with E-state index in [1.807, 2.05) is 43.1 Å². The van der Waals surface area contributed by atoms with Crippen molar-refractivity contribution in [2.75, 3.05) is 20.7 Å². The Bertz CT molecular complexity index is 425. The van der Waals surface area contributed by atoms with E-state index in [0.717, 1.165) is 17.7 Å². The van der Waals surface area contributed by atoms with Crippen molar-refractivity contribution >= 4 is 17.6 Å². The molecule has 0 spiro atoms. The van der Waals surface area contributed by atoms with E-state index in [2.05, 4.69) is 0 Å². The Morgan fingerprint density at radius 2 is 2.11 bits per heavy atom. The Morgan fingerprint density at radius 3 is 2.68 bits per heavy atom. The van der Waals surface area contributed by atoms with Gasteiger partial charge < -0.3 is 14.7 Å². The number of aliphatic carboxylic acids is 1. The van der Waals surface area contributed by atoms with Crippen LogP contribution in [0.2, 0.25) is 0 Å². The highest BCUT2D eigenvalue weighted by atomic mass is 35.5. The minimum absolute atomic E-state index is 0.178. The predicted molar refractivity (Wildman–Crippen MR) is 76.1 cm³/mol. The van der Waals surface area contributed by atoms with Crippen molar-refractivity contribution < 1.29 is 14.6 Å². The van der Waals surface area contributed by atoms with E-state index in [1.165, 1.54) is 0 Å². The standard InChI is InChI=1S/C14H20ClNO3/c1-10(16(2)9-12(15)14(17)18)8-11-6-4-5-7-13(11)19-3/h4-7,10,12H,8-9H2,1-3H3,(H,17,18). The highest BCUT2D eigenvalue weighted by Crippen LogP contribution is 2.20. The molecule has 0 bridgehead atoms. The predicted octanol–water partition coefficient (Wildman–Crippen LogP) is 2.25. The van der Waals surface area contributed by atoms with Crippen molar-refractivity contribution in [1.29, 1.82) is 0 Å². The Kier molecular flexibility index (Phi) is 6.12. The summed E-state index contributed by atoms with van der Waals surface area (Å²) in [6.07, 6.45) is 0.781. The number of hydrogen-bond acceptors (Lipinski definition) is 3. The lowest BCUT2D eigenvalue weighted by molar-refractivity contribution is -0.137. The number of benzene rings is 1. The number of para-hydroxylation sites is 1. The van der Waals surface area contributed by atoms with Crippen molar-refractivity contribution in [3.8, 4) is 5.75 Å². The molecule has 1 aromatic rings. The van der Waals surface area contributed by atoms with Gasteiger partial charge in [-0.15, -0.1) is 11.6 Å². The molecule has 0 aliphatic rings. The van der Waals surface area contributed by atoms with E-state index < -0.39 is 11.3 Å². The number of likely N-dealkylation sites (N-methyl/N-ethyl adjacent to an activating group) is 1. The fourth-order valence-electron chi connectivity index (χ4n) is 1.86. The summed E-state index contributed by atoms with van der Waals surface area (Å²) >= 11 is 5.75. The number of carbonyl (C=O) groups is 1. The summed E-state index contributed by atoms with van der Waals surface area (Å²) in [5.41, 5.74) is 1.10. The van der Waals surface area contributed by atoms with Gasteiger partial charge in [-0.1, -0.05) is 18.2 Å². The molecule has 0 aliphatic carbocycles. The molecule has 0 aliphatic heterocycles. The van der Waals surface area contributed by atoms with Crippen LogP contribution in [0.5, 0.6) is 5.75 Å². The Balaban J connectivity index is 2.63. The van der Waals surface area contributed by atoms with E-state index in [0.29, 0.717) is 6.54 Å². The third-order valence-electron chi connectivity index (χ3n) is 3.18. The van der Waals surface area contributed by atoms with Crippen molar-refractivity contribution in [2.24, 2.45) is 0 Å². The second-order valence-electron chi connectivity index (χ2n) is 4.61. The fourth-order valence-corrected chi connectivity index (χ4v) is 2.07. The van der Waals surface area contributed by atoms with Crippen LogP contribution < -0.4 is 4.74 Å². The average molecular weight is 286 g/mol. The number of carboxylic acid groups (broad SMARTS) is 1. The molecule has 4 nitrogen and oxygen atoms in total. The third-order valence-corrected chi connectivity index (χ3v) is 3.50. The summed E-state index contributed by atoms with van der Waals surface area (Å²) in [7, 11) is 3.52. The largest absolute Gasteiger partial charge is 0.496 e. The normalized spacial score (nSPS) is 14.2. The van der Waals surface area contributed by atoms with Crippen LogP contribution in [0.1, 0.15) is 12.5 Å². The SMILES string of the molecule is COc1ccccc1CC(C)N(C)CC(Cl)C(=O)O. The van der Waals surface area contributed by atoms with E-state index in [4.69, 9.17) is 21.4 Å². The van der Waals surface area contributed by atoms with Crippen molar-refractivity contribution in [3.05, 3.63) is 29.8 Å². The number of hydrogen-bond donors (Lipinski definition) is 1. The number of alkyl halides is 1. The van der Waals surface area contributed by atoms with Gasteiger partial charge in [-0.25, -0.2) is 0 Å². The average Bonchev–Trinajstić information content (AvgIpc) is 2.38. The molecule has 0 saturated heterocycles. The van der Waals surface area contributed by atoms with Gasteiger partial charge in [0.2, 0.25) is 0 Å². The Morgan fingerprint density at radius 1 is 1.47 bits per heavy atom. The number of nitrogens with zero attached hydrogens (tertiary/aromatic N) is 1. The number of methoxy groups -OCH3 is 1. The third kappa shape index (κ3) is 4.73. The van der Waals surface area contributed by atoms with Gasteiger partial charge in [0.1, 0.15) is 11.1 Å². The molecule has 1 N–H and O–H groups in total. The van der Waals surface area contributed by atoms with Gasteiger partial charge in [-0.05, 0) is 32.0 Å². The molecule has 19 heavy (non-hydrogen) atoms. The van der Waals surface area contributed by atoms with Crippen molar-refractivity contribution in [1.82, 2.24) is 4.90 Å². The maximum absolute atomic E-state index is 10.7. The molecule has 0 amide bonds. The minimum atomic E-state index is -0.988. The summed E-state index contributed by atoms with van der Waals surface area (Å²) in [5.74, 6) is -0.138. The van der Waals surface area contributed by atoms with Crippen LogP contribution in [-0.4, -0.2) is 48.1 Å². The molecule has 0 radical (unpaired) electrons. The molecule has 0 heterocycles. The molecule has 0 aromatic heterocycles. The van der Waals surface area contributed by atoms with Gasteiger partial charge in [-0.2, -0.15) is 0 Å². The minimum Gasteiger partial charge on any atom is -0.496 e. The first kappa shape index (κ1) is 15.8. The first-order valence-corrected chi connectivity index (χ1v) is 6.58. The summed E-state index contributed by atoms with van der Waals surface area (Å²) < 4.78 is 5.31. The van der Waals surface area contributed by atoms with Gasteiger partial charge in [-0.3, -0.25) is 4.79 Å². The maximum atomic E-state index is 10.7. The quantitative estimate of drug-likeness (QED) is 0.781. The molecule has 0 saturated carbocycles. The summed E-state index contributed by atoms with van der Waals surface area (Å²) in [4.78, 5) is 12.7. The van der Waals surface area contributed by atoms with E-state index in [1.54, 1.807) is 7.11 Å². The molecule has 0 fully saturated rings. The van der Waals surface area contributed by atoms with Crippen LogP contribution >= 0.6 is 11.6 Å². The van der Waals surface area contributed by atoms with Gasteiger partial charge >= 0.3 is 5.97 Å². The Hall–Kier alpha value is -1.26. The van der Waals surface area contributed by atoms with Gasteiger partial charge in [0.05, 0.1) is 7.11 Å². The molecule has 2 atom stereocenters. The number of rotatable bonds is 7. The zero-order valence-corrected chi connectivity index (χ0v) is 12.2. The second-order valence-corrected chi connectivity index (χ2v) is 5.14. The van der Waals surface area contributed by atoms with Crippen LogP contribution in [0.3, 0.4) is 0 Å². The summed E-state index contributed by atoms with van der Waals surface area (Å²) in [6.45, 7) is 2.35. The van der Waals surface area contributed by atoms with E-state index in [-0.39, 0.29) is 6.04 Å². The highest BCUT2D eigenvalue weighted by molar-refractivity contribution is 6.29. The lowest BCUT2D eigenvalue weighted by Crippen LogP contribution is -2.38. The Labute approximate surface area is 118 Å². The zero-order valence-electron chi connectivity index (χ0n) is 11.5. The molecule has 5 heteroatoms. The lowest BCUT2D eigenvalue weighted by atomic mass is 10.0. The fraction of sp³-hybridized carbons (Fsp3) is 0.500. The topological polar surface area (TPSA) is 49.8 Å². The number of halogens is 1. The molecule has 1 aromatic carbocycles. The van der Waals surface area contributed by atoms with Gasteiger partial charge in [0, 0.05) is 12.6 Å². The maximum Gasteiger partial charge on any atom is 0.322 e. The van der Waals surface area contributed by atoms with Crippen LogP contribution in [0.4, 0.5) is 0 Å². The van der Waals surface area contributed by atoms with Crippen molar-refractivity contribution in [3.63, 3.8) is 0 Å². The number of carboxylic acids is 1. The van der Waals surface area contributed by atoms with Crippen LogP contribution in [0.25, 0.3) is 0 Å². The molecule has 2 unspecified atom stereocenters. The molecule has 106 valence electrons. The van der Waals surface area contributed by atoms with Crippen molar-refractivity contribution in [2.45, 2.75) is 24.8 Å². The molecular formula is C14H20ClNO3. The van der Waals surface area contributed by atoms with Crippen LogP contribution in [-0.2, 0) is 11.2 Å². The first-order valence-electron chi connectivity index (χ1n) is 6.14. The lowest BCUT2D eigenvalue weighted by Gasteiger charge is -2.26. The zero-order chi connectivity index (χ0) is 14.4. The molecule has 1 rings (SSSR count). The van der Waals surface area contributed by atoms with Gasteiger partial charge in [0.15, 0.2) is 0 Å². The summed E-state index contributed by atoms with van der Waals surface area (Å²) in [6, 6.07) is 8.00. The van der Waals surface area contributed by atoms with E-state index in [9.17, 15) is 4.79 Å². The molecular weight excluding hydrogens is 266 g/mol. The highest BCUT2D eigenvalue weighted by Gasteiger charge is 2.20. The summed E-state index contributed by atoms with van der Waals surface area (Å²) in [5, 5.41) is 7.92. The van der Waals surface area contributed by atoms with Gasteiger partial charge in [0.25, 0.3) is 0 Å². The van der Waals surface area contributed by atoms with Crippen LogP contribution in [0.15, 0.2) is 24.3 Å². The monoisotopic (exact) mass is 285 g/mol. The first-order chi connectivity index (χ1) is 8.95. The smallest absolute Gasteiger partial charge is 0.322 e. The number of ether oxygens (including phenoxy) is 1. The second kappa shape index (κ2) is 7.36.